The lowest BCUT2D eigenvalue weighted by Gasteiger charge is -2.17. The predicted octanol–water partition coefficient (Wildman–Crippen LogP) is 0.782. The van der Waals surface area contributed by atoms with Crippen LogP contribution in [0.3, 0.4) is 0 Å². The molecule has 1 rings (SSSR count). The summed E-state index contributed by atoms with van der Waals surface area (Å²) >= 11 is 0. The molecule has 0 saturated carbocycles. The van der Waals surface area contributed by atoms with Crippen LogP contribution in [0, 0.1) is 0 Å². The number of carbonyl (C=O) groups excluding carboxylic acids is 1. The number of carbonyl (C=O) groups is 1. The number of nitrogens with two attached hydrogens (primary N) is 1. The van der Waals surface area contributed by atoms with Crippen molar-refractivity contribution in [3.8, 4) is 0 Å². The minimum atomic E-state index is -0.110. The van der Waals surface area contributed by atoms with E-state index in [1.54, 1.807) is 30.4 Å². The molecule has 0 radical (unpaired) electrons. The summed E-state index contributed by atoms with van der Waals surface area (Å²) < 4.78 is 0. The summed E-state index contributed by atoms with van der Waals surface area (Å²) in [5.41, 5.74) is 6.34. The van der Waals surface area contributed by atoms with Crippen molar-refractivity contribution in [2.45, 2.75) is 19.4 Å². The summed E-state index contributed by atoms with van der Waals surface area (Å²) in [6.45, 7) is 1.81. The molecule has 1 heterocycles. The fraction of sp³-hybridized carbons (Fsp3) is 0.400. The fourth-order valence-corrected chi connectivity index (χ4v) is 1.11. The molecule has 14 heavy (non-hydrogen) atoms. The number of hydrogen-bond acceptors (Lipinski definition) is 3. The molecule has 0 aliphatic heterocycles. The monoisotopic (exact) mass is 193 g/mol. The van der Waals surface area contributed by atoms with Gasteiger partial charge in [0, 0.05) is 25.7 Å². The van der Waals surface area contributed by atoms with E-state index in [0.717, 1.165) is 5.69 Å². The normalized spacial score (nSPS) is 12.2. The van der Waals surface area contributed by atoms with E-state index in [-0.39, 0.29) is 11.9 Å². The van der Waals surface area contributed by atoms with Crippen molar-refractivity contribution in [1.29, 1.82) is 0 Å². The van der Waals surface area contributed by atoms with E-state index in [4.69, 9.17) is 5.73 Å². The highest BCUT2D eigenvalue weighted by atomic mass is 16.2. The Bertz CT molecular complexity index is 297. The predicted molar refractivity (Wildman–Crippen MR) is 55.9 cm³/mol. The first-order chi connectivity index (χ1) is 6.61. The fourth-order valence-electron chi connectivity index (χ4n) is 1.11. The maximum atomic E-state index is 11.6. The van der Waals surface area contributed by atoms with Crippen LogP contribution in [-0.2, 0) is 4.79 Å². The van der Waals surface area contributed by atoms with Gasteiger partial charge in [0.1, 0.15) is 0 Å². The van der Waals surface area contributed by atoms with Crippen LogP contribution >= 0.6 is 0 Å². The third kappa shape index (κ3) is 2.81. The van der Waals surface area contributed by atoms with Gasteiger partial charge in [-0.2, -0.15) is 0 Å². The van der Waals surface area contributed by atoms with Crippen molar-refractivity contribution in [2.24, 2.45) is 5.73 Å². The van der Waals surface area contributed by atoms with Gasteiger partial charge < -0.3 is 10.6 Å². The molecule has 1 aromatic rings. The lowest BCUT2D eigenvalue weighted by molar-refractivity contribution is -0.118. The van der Waals surface area contributed by atoms with Crippen molar-refractivity contribution in [1.82, 2.24) is 4.98 Å². The second-order valence-electron chi connectivity index (χ2n) is 3.35. The molecule has 1 unspecified atom stereocenters. The first-order valence-corrected chi connectivity index (χ1v) is 4.53. The molecule has 0 saturated heterocycles. The Morgan fingerprint density at radius 1 is 1.71 bits per heavy atom. The standard InChI is InChI=1S/C10H15N3O/c1-8(11)6-10(14)13(2)9-4-3-5-12-7-9/h3-5,7-8H,6,11H2,1-2H3. The third-order valence-electron chi connectivity index (χ3n) is 1.90. The molecule has 0 aromatic carbocycles. The number of hydrogen-bond donors (Lipinski definition) is 1. The topological polar surface area (TPSA) is 59.2 Å². The van der Waals surface area contributed by atoms with E-state index in [2.05, 4.69) is 4.98 Å². The summed E-state index contributed by atoms with van der Waals surface area (Å²) in [6.07, 6.45) is 3.68. The molecule has 4 nitrogen and oxygen atoms in total. The largest absolute Gasteiger partial charge is 0.327 e. The molecule has 4 heteroatoms. The Morgan fingerprint density at radius 2 is 2.43 bits per heavy atom. The quantitative estimate of drug-likeness (QED) is 0.771. The van der Waals surface area contributed by atoms with Gasteiger partial charge in [0.15, 0.2) is 0 Å². The van der Waals surface area contributed by atoms with Gasteiger partial charge >= 0.3 is 0 Å². The van der Waals surface area contributed by atoms with Gasteiger partial charge in [-0.05, 0) is 19.1 Å². The Balaban J connectivity index is 2.66. The van der Waals surface area contributed by atoms with Crippen LogP contribution in [0.25, 0.3) is 0 Å². The Labute approximate surface area is 83.7 Å². The van der Waals surface area contributed by atoms with Gasteiger partial charge in [0.05, 0.1) is 11.9 Å². The lowest BCUT2D eigenvalue weighted by atomic mass is 10.2. The van der Waals surface area contributed by atoms with Crippen molar-refractivity contribution >= 4 is 11.6 Å². The van der Waals surface area contributed by atoms with Crippen molar-refractivity contribution in [2.75, 3.05) is 11.9 Å². The zero-order valence-corrected chi connectivity index (χ0v) is 8.47. The lowest BCUT2D eigenvalue weighted by Crippen LogP contribution is -2.31. The molecule has 0 spiro atoms. The second-order valence-corrected chi connectivity index (χ2v) is 3.35. The first kappa shape index (κ1) is 10.7. The molecule has 0 bridgehead atoms. The SMILES string of the molecule is CC(N)CC(=O)N(C)c1cccnc1. The third-order valence-corrected chi connectivity index (χ3v) is 1.90. The number of aromatic nitrogens is 1. The second kappa shape index (κ2) is 4.72. The van der Waals surface area contributed by atoms with E-state index in [0.29, 0.717) is 6.42 Å². The summed E-state index contributed by atoms with van der Waals surface area (Å²) in [6, 6.07) is 3.53. The minimum Gasteiger partial charge on any atom is -0.327 e. The molecule has 1 amide bonds. The van der Waals surface area contributed by atoms with Gasteiger partial charge in [-0.15, -0.1) is 0 Å². The van der Waals surface area contributed by atoms with E-state index in [9.17, 15) is 4.79 Å². The number of anilines is 1. The Kier molecular flexibility index (Phi) is 3.59. The van der Waals surface area contributed by atoms with Crippen LogP contribution in [0.2, 0.25) is 0 Å². The molecular weight excluding hydrogens is 178 g/mol. The molecule has 0 aliphatic carbocycles. The van der Waals surface area contributed by atoms with Gasteiger partial charge in [-0.1, -0.05) is 0 Å². The van der Waals surface area contributed by atoms with Crippen molar-refractivity contribution in [3.63, 3.8) is 0 Å². The number of pyridine rings is 1. The average molecular weight is 193 g/mol. The zero-order chi connectivity index (χ0) is 10.6. The van der Waals surface area contributed by atoms with E-state index < -0.39 is 0 Å². The maximum absolute atomic E-state index is 11.6. The Morgan fingerprint density at radius 3 is 2.93 bits per heavy atom. The van der Waals surface area contributed by atoms with Crippen LogP contribution in [0.5, 0.6) is 0 Å². The summed E-state index contributed by atoms with van der Waals surface area (Å²) in [5.74, 6) is 0.00741. The van der Waals surface area contributed by atoms with E-state index >= 15 is 0 Å². The molecule has 1 atom stereocenters. The van der Waals surface area contributed by atoms with Crippen molar-refractivity contribution < 1.29 is 4.79 Å². The van der Waals surface area contributed by atoms with Crippen LogP contribution in [0.4, 0.5) is 5.69 Å². The number of rotatable bonds is 3. The number of amides is 1. The highest BCUT2D eigenvalue weighted by molar-refractivity contribution is 5.92. The maximum Gasteiger partial charge on any atom is 0.228 e. The van der Waals surface area contributed by atoms with Crippen molar-refractivity contribution in [3.05, 3.63) is 24.5 Å². The van der Waals surface area contributed by atoms with Gasteiger partial charge in [-0.3, -0.25) is 9.78 Å². The smallest absolute Gasteiger partial charge is 0.228 e. The van der Waals surface area contributed by atoms with Crippen LogP contribution < -0.4 is 10.6 Å². The highest BCUT2D eigenvalue weighted by Gasteiger charge is 2.12. The van der Waals surface area contributed by atoms with Crippen LogP contribution in [-0.4, -0.2) is 24.0 Å². The van der Waals surface area contributed by atoms with Gasteiger partial charge in [0.25, 0.3) is 0 Å². The first-order valence-electron chi connectivity index (χ1n) is 4.53. The summed E-state index contributed by atoms with van der Waals surface area (Å²) in [5, 5.41) is 0. The number of nitrogens with zero attached hydrogens (tertiary/aromatic N) is 2. The van der Waals surface area contributed by atoms with Gasteiger partial charge in [-0.25, -0.2) is 0 Å². The summed E-state index contributed by atoms with van der Waals surface area (Å²) in [4.78, 5) is 17.1. The van der Waals surface area contributed by atoms with Crippen LogP contribution in [0.1, 0.15) is 13.3 Å². The molecule has 76 valence electrons. The van der Waals surface area contributed by atoms with Crippen LogP contribution in [0.15, 0.2) is 24.5 Å². The molecule has 1 aromatic heterocycles. The molecule has 0 fully saturated rings. The average Bonchev–Trinajstić information content (AvgIpc) is 2.17. The molecule has 2 N–H and O–H groups in total. The molecule has 0 aliphatic rings. The zero-order valence-electron chi connectivity index (χ0n) is 8.47. The van der Waals surface area contributed by atoms with Gasteiger partial charge in [0.2, 0.25) is 5.91 Å². The summed E-state index contributed by atoms with van der Waals surface area (Å²) in [7, 11) is 1.72. The Hall–Kier alpha value is -1.42. The highest BCUT2D eigenvalue weighted by Crippen LogP contribution is 2.10. The minimum absolute atomic E-state index is 0.00741. The molecular formula is C10H15N3O. The van der Waals surface area contributed by atoms with E-state index in [1.165, 1.54) is 0 Å². The van der Waals surface area contributed by atoms with E-state index in [1.807, 2.05) is 13.0 Å².